The Bertz CT molecular complexity index is 891. The van der Waals surface area contributed by atoms with Gasteiger partial charge in [0.1, 0.15) is 18.4 Å². The first-order chi connectivity index (χ1) is 12.7. The molecule has 0 heterocycles. The van der Waals surface area contributed by atoms with Crippen LogP contribution in [0, 0.1) is 0 Å². The quantitative estimate of drug-likeness (QED) is 0.651. The number of para-hydroxylation sites is 1. The van der Waals surface area contributed by atoms with Crippen LogP contribution in [0.5, 0.6) is 5.75 Å². The zero-order valence-electron chi connectivity index (χ0n) is 14.9. The topological polar surface area (TPSA) is 75.7 Å². The van der Waals surface area contributed by atoms with Crippen molar-refractivity contribution in [3.63, 3.8) is 0 Å². The third kappa shape index (κ3) is 6.02. The molecule has 2 rings (SSSR count). The lowest BCUT2D eigenvalue weighted by Gasteiger charge is -2.29. The number of anilines is 1. The Morgan fingerprint density at radius 1 is 1.19 bits per heavy atom. The molecular weight excluding hydrogens is 411 g/mol. The largest absolute Gasteiger partial charge is 0.492 e. The van der Waals surface area contributed by atoms with Gasteiger partial charge in [0.25, 0.3) is 0 Å². The van der Waals surface area contributed by atoms with Crippen molar-refractivity contribution in [2.45, 2.75) is 13.0 Å². The van der Waals surface area contributed by atoms with Crippen molar-refractivity contribution >= 4 is 44.8 Å². The highest BCUT2D eigenvalue weighted by molar-refractivity contribution is 7.92. The van der Waals surface area contributed by atoms with Crippen LogP contribution in [0.2, 0.25) is 10.0 Å². The summed E-state index contributed by atoms with van der Waals surface area (Å²) >= 11 is 12.1. The second-order valence-electron chi connectivity index (χ2n) is 5.78. The van der Waals surface area contributed by atoms with Gasteiger partial charge in [-0.25, -0.2) is 8.42 Å². The van der Waals surface area contributed by atoms with E-state index < -0.39 is 22.0 Å². The van der Waals surface area contributed by atoms with Crippen LogP contribution in [-0.2, 0) is 14.8 Å². The second kappa shape index (κ2) is 9.30. The number of benzene rings is 2. The third-order valence-corrected chi connectivity index (χ3v) is 5.43. The summed E-state index contributed by atoms with van der Waals surface area (Å²) in [5, 5.41) is 3.15. The molecule has 0 aliphatic rings. The van der Waals surface area contributed by atoms with E-state index >= 15 is 0 Å². The van der Waals surface area contributed by atoms with Gasteiger partial charge < -0.3 is 10.1 Å². The maximum Gasteiger partial charge on any atom is 0.243 e. The predicted molar refractivity (Wildman–Crippen MR) is 108 cm³/mol. The lowest BCUT2D eigenvalue weighted by Crippen LogP contribution is -2.48. The number of hydrogen-bond acceptors (Lipinski definition) is 4. The molecule has 0 aliphatic heterocycles. The monoisotopic (exact) mass is 430 g/mol. The van der Waals surface area contributed by atoms with Crippen molar-refractivity contribution in [2.24, 2.45) is 0 Å². The van der Waals surface area contributed by atoms with Crippen LogP contribution >= 0.6 is 23.2 Å². The van der Waals surface area contributed by atoms with Gasteiger partial charge in [-0.2, -0.15) is 0 Å². The van der Waals surface area contributed by atoms with Gasteiger partial charge in [-0.15, -0.1) is 0 Å². The molecule has 0 fully saturated rings. The zero-order valence-corrected chi connectivity index (χ0v) is 17.2. The minimum Gasteiger partial charge on any atom is -0.492 e. The number of sulfonamides is 1. The number of carbonyl (C=O) groups is 1. The first-order valence-electron chi connectivity index (χ1n) is 8.10. The number of ether oxygens (including phenoxy) is 1. The van der Waals surface area contributed by atoms with Gasteiger partial charge in [-0.3, -0.25) is 9.10 Å². The van der Waals surface area contributed by atoms with Crippen LogP contribution in [0.15, 0.2) is 48.5 Å². The summed E-state index contributed by atoms with van der Waals surface area (Å²) < 4.78 is 31.0. The van der Waals surface area contributed by atoms with E-state index in [-0.39, 0.29) is 23.9 Å². The van der Waals surface area contributed by atoms with Crippen LogP contribution in [0.1, 0.15) is 6.92 Å². The van der Waals surface area contributed by atoms with Crippen molar-refractivity contribution in [1.29, 1.82) is 0 Å². The number of carbonyl (C=O) groups excluding carboxylic acids is 1. The van der Waals surface area contributed by atoms with Crippen molar-refractivity contribution in [1.82, 2.24) is 5.32 Å². The van der Waals surface area contributed by atoms with E-state index in [1.165, 1.54) is 19.1 Å². The maximum atomic E-state index is 12.5. The average Bonchev–Trinajstić information content (AvgIpc) is 2.61. The molecule has 0 aliphatic carbocycles. The molecule has 0 radical (unpaired) electrons. The Morgan fingerprint density at radius 3 is 2.48 bits per heavy atom. The number of nitrogens with zero attached hydrogens (tertiary/aromatic N) is 1. The van der Waals surface area contributed by atoms with E-state index in [2.05, 4.69) is 5.32 Å². The molecule has 9 heteroatoms. The molecule has 1 amide bonds. The zero-order chi connectivity index (χ0) is 20.0. The van der Waals surface area contributed by atoms with E-state index in [0.29, 0.717) is 10.8 Å². The summed E-state index contributed by atoms with van der Waals surface area (Å²) in [4.78, 5) is 12.5. The number of halogens is 2. The molecular formula is C18H20Cl2N2O4S. The maximum absolute atomic E-state index is 12.5. The summed E-state index contributed by atoms with van der Waals surface area (Å²) in [5.41, 5.74) is 0.148. The highest BCUT2D eigenvalue weighted by Crippen LogP contribution is 2.32. The van der Waals surface area contributed by atoms with E-state index in [1.807, 2.05) is 18.2 Å². The van der Waals surface area contributed by atoms with Gasteiger partial charge in [0.2, 0.25) is 15.9 Å². The SMILES string of the molecule is CC(C(=O)NCCOc1ccccc1)N(c1cc(Cl)ccc1Cl)S(C)(=O)=O. The summed E-state index contributed by atoms with van der Waals surface area (Å²) in [6, 6.07) is 12.6. The van der Waals surface area contributed by atoms with Crippen LogP contribution in [0.4, 0.5) is 5.69 Å². The van der Waals surface area contributed by atoms with Crippen molar-refractivity contribution < 1.29 is 17.9 Å². The first kappa shape index (κ1) is 21.3. The van der Waals surface area contributed by atoms with Crippen LogP contribution in [-0.4, -0.2) is 39.8 Å². The lowest BCUT2D eigenvalue weighted by molar-refractivity contribution is -0.121. The van der Waals surface area contributed by atoms with Crippen molar-refractivity contribution in [3.05, 3.63) is 58.6 Å². The summed E-state index contributed by atoms with van der Waals surface area (Å²) in [5.74, 6) is 0.205. The van der Waals surface area contributed by atoms with E-state index in [9.17, 15) is 13.2 Å². The van der Waals surface area contributed by atoms with Crippen molar-refractivity contribution in [3.8, 4) is 5.75 Å². The molecule has 0 bridgehead atoms. The Kier molecular flexibility index (Phi) is 7.35. The molecule has 146 valence electrons. The smallest absolute Gasteiger partial charge is 0.243 e. The molecule has 2 aromatic carbocycles. The fourth-order valence-electron chi connectivity index (χ4n) is 2.44. The highest BCUT2D eigenvalue weighted by atomic mass is 35.5. The fraction of sp³-hybridized carbons (Fsp3) is 0.278. The second-order valence-corrected chi connectivity index (χ2v) is 8.49. The number of hydrogen-bond donors (Lipinski definition) is 1. The van der Waals surface area contributed by atoms with Gasteiger partial charge in [0.15, 0.2) is 0 Å². The molecule has 2 aromatic rings. The molecule has 0 spiro atoms. The summed E-state index contributed by atoms with van der Waals surface area (Å²) in [6.07, 6.45) is 1.01. The fourth-order valence-corrected chi connectivity index (χ4v) is 4.05. The van der Waals surface area contributed by atoms with Gasteiger partial charge >= 0.3 is 0 Å². The normalized spacial score (nSPS) is 12.3. The first-order valence-corrected chi connectivity index (χ1v) is 10.7. The van der Waals surface area contributed by atoms with Gasteiger partial charge in [0.05, 0.1) is 23.5 Å². The Labute approximate surface area is 169 Å². The molecule has 27 heavy (non-hydrogen) atoms. The van der Waals surface area contributed by atoms with Gasteiger partial charge in [0, 0.05) is 5.02 Å². The summed E-state index contributed by atoms with van der Waals surface area (Å²) in [7, 11) is -3.78. The third-order valence-electron chi connectivity index (χ3n) is 3.65. The molecule has 6 nitrogen and oxygen atoms in total. The Balaban J connectivity index is 2.05. The minimum atomic E-state index is -3.78. The minimum absolute atomic E-state index is 0.148. The predicted octanol–water partition coefficient (Wildman–Crippen LogP) is 3.34. The van der Waals surface area contributed by atoms with Crippen molar-refractivity contribution in [2.75, 3.05) is 23.7 Å². The summed E-state index contributed by atoms with van der Waals surface area (Å²) in [6.45, 7) is 1.95. The van der Waals surface area contributed by atoms with E-state index in [4.69, 9.17) is 27.9 Å². The van der Waals surface area contributed by atoms with Gasteiger partial charge in [-0.05, 0) is 37.3 Å². The van der Waals surface area contributed by atoms with E-state index in [1.54, 1.807) is 18.2 Å². The molecule has 1 atom stereocenters. The number of rotatable bonds is 8. The molecule has 1 N–H and O–H groups in total. The number of nitrogens with one attached hydrogen (secondary N) is 1. The molecule has 0 saturated carbocycles. The number of amides is 1. The van der Waals surface area contributed by atoms with Crippen LogP contribution in [0.25, 0.3) is 0 Å². The lowest BCUT2D eigenvalue weighted by atomic mass is 10.2. The Hall–Kier alpha value is -1.96. The van der Waals surface area contributed by atoms with Crippen LogP contribution in [0.3, 0.4) is 0 Å². The van der Waals surface area contributed by atoms with Crippen LogP contribution < -0.4 is 14.4 Å². The highest BCUT2D eigenvalue weighted by Gasteiger charge is 2.30. The van der Waals surface area contributed by atoms with E-state index in [0.717, 1.165) is 10.6 Å². The van der Waals surface area contributed by atoms with Gasteiger partial charge in [-0.1, -0.05) is 41.4 Å². The Morgan fingerprint density at radius 2 is 1.85 bits per heavy atom. The molecule has 0 aromatic heterocycles. The standard InChI is InChI=1S/C18H20Cl2N2O4S/c1-13(18(23)21-10-11-26-15-6-4-3-5-7-15)22(27(2,24)25)17-12-14(19)8-9-16(17)20/h3-9,12-13H,10-11H2,1-2H3,(H,21,23). The molecule has 0 saturated heterocycles. The molecule has 1 unspecified atom stereocenters. The average molecular weight is 431 g/mol.